The van der Waals surface area contributed by atoms with Gasteiger partial charge in [0.1, 0.15) is 11.4 Å². The lowest BCUT2D eigenvalue weighted by Gasteiger charge is -2.17. The SMILES string of the molecule is O=C(O)CC(Cc1ccc(-c2cccc(Cl)c2)cc1)NC(=O)c1ccc(C(=O)O)[nH]1. The van der Waals surface area contributed by atoms with Crippen molar-refractivity contribution in [3.8, 4) is 11.1 Å². The average molecular weight is 427 g/mol. The van der Waals surface area contributed by atoms with E-state index in [-0.39, 0.29) is 17.8 Å². The number of carbonyl (C=O) groups is 3. The third-order valence-electron chi connectivity index (χ3n) is 4.51. The maximum Gasteiger partial charge on any atom is 0.352 e. The molecule has 1 amide bonds. The van der Waals surface area contributed by atoms with E-state index in [9.17, 15) is 19.5 Å². The van der Waals surface area contributed by atoms with Crippen LogP contribution in [-0.4, -0.2) is 39.1 Å². The molecular formula is C22H19ClN2O5. The Balaban J connectivity index is 1.71. The molecule has 1 unspecified atom stereocenters. The summed E-state index contributed by atoms with van der Waals surface area (Å²) in [6.45, 7) is 0. The number of aliphatic carboxylic acids is 1. The van der Waals surface area contributed by atoms with Crippen molar-refractivity contribution in [2.45, 2.75) is 18.9 Å². The van der Waals surface area contributed by atoms with Crippen molar-refractivity contribution < 1.29 is 24.6 Å². The summed E-state index contributed by atoms with van der Waals surface area (Å²) in [6.07, 6.45) is 0.0364. The minimum absolute atomic E-state index is 0.0547. The Hall–Kier alpha value is -3.58. The molecule has 0 aliphatic carbocycles. The van der Waals surface area contributed by atoms with Gasteiger partial charge in [0.2, 0.25) is 0 Å². The first-order valence-electron chi connectivity index (χ1n) is 9.11. The first-order valence-corrected chi connectivity index (χ1v) is 9.49. The maximum absolute atomic E-state index is 12.4. The zero-order chi connectivity index (χ0) is 21.7. The Morgan fingerprint density at radius 3 is 2.23 bits per heavy atom. The number of halogens is 1. The number of carbonyl (C=O) groups excluding carboxylic acids is 1. The van der Waals surface area contributed by atoms with Gasteiger partial charge in [-0.05, 0) is 47.4 Å². The van der Waals surface area contributed by atoms with E-state index in [2.05, 4.69) is 10.3 Å². The van der Waals surface area contributed by atoms with Crippen molar-refractivity contribution in [1.82, 2.24) is 10.3 Å². The lowest BCUT2D eigenvalue weighted by molar-refractivity contribution is -0.137. The van der Waals surface area contributed by atoms with Crippen LogP contribution >= 0.6 is 11.6 Å². The highest BCUT2D eigenvalue weighted by atomic mass is 35.5. The molecule has 1 aromatic heterocycles. The topological polar surface area (TPSA) is 119 Å². The highest BCUT2D eigenvalue weighted by Gasteiger charge is 2.19. The first kappa shape index (κ1) is 21.1. The molecular weight excluding hydrogens is 408 g/mol. The Morgan fingerprint density at radius 1 is 0.933 bits per heavy atom. The molecule has 0 fully saturated rings. The molecule has 0 saturated carbocycles. The number of aromatic amines is 1. The van der Waals surface area contributed by atoms with Crippen LogP contribution in [-0.2, 0) is 11.2 Å². The first-order chi connectivity index (χ1) is 14.3. The average Bonchev–Trinajstić information content (AvgIpc) is 3.19. The molecule has 2 aromatic carbocycles. The van der Waals surface area contributed by atoms with Gasteiger partial charge in [-0.3, -0.25) is 9.59 Å². The minimum atomic E-state index is -1.18. The fourth-order valence-corrected chi connectivity index (χ4v) is 3.28. The van der Waals surface area contributed by atoms with Crippen LogP contribution in [0.25, 0.3) is 11.1 Å². The van der Waals surface area contributed by atoms with Gasteiger partial charge in [-0.1, -0.05) is 48.0 Å². The summed E-state index contributed by atoms with van der Waals surface area (Å²) in [4.78, 5) is 37.1. The van der Waals surface area contributed by atoms with Crippen LogP contribution < -0.4 is 5.32 Å². The number of H-pyrrole nitrogens is 1. The van der Waals surface area contributed by atoms with E-state index in [1.807, 2.05) is 42.5 Å². The third-order valence-corrected chi connectivity index (χ3v) is 4.75. The summed E-state index contributed by atoms with van der Waals surface area (Å²) < 4.78 is 0. The van der Waals surface area contributed by atoms with Crippen LogP contribution in [0.2, 0.25) is 5.02 Å². The fourth-order valence-electron chi connectivity index (χ4n) is 3.09. The third kappa shape index (κ3) is 5.48. The van der Waals surface area contributed by atoms with Crippen LogP contribution in [0, 0.1) is 0 Å². The molecule has 4 N–H and O–H groups in total. The Morgan fingerprint density at radius 2 is 1.63 bits per heavy atom. The highest BCUT2D eigenvalue weighted by molar-refractivity contribution is 6.30. The second-order valence-electron chi connectivity index (χ2n) is 6.77. The molecule has 0 radical (unpaired) electrons. The number of rotatable bonds is 8. The molecule has 0 bridgehead atoms. The quantitative estimate of drug-likeness (QED) is 0.436. The molecule has 30 heavy (non-hydrogen) atoms. The number of nitrogens with one attached hydrogen (secondary N) is 2. The van der Waals surface area contributed by atoms with E-state index < -0.39 is 23.9 Å². The van der Waals surface area contributed by atoms with Crippen molar-refractivity contribution in [3.63, 3.8) is 0 Å². The molecule has 0 spiro atoms. The second kappa shape index (κ2) is 9.28. The van der Waals surface area contributed by atoms with Gasteiger partial charge in [-0.15, -0.1) is 0 Å². The summed E-state index contributed by atoms with van der Waals surface area (Å²) in [5, 5.41) is 21.4. The van der Waals surface area contributed by atoms with Crippen LogP contribution in [0.4, 0.5) is 0 Å². The van der Waals surface area contributed by atoms with Gasteiger partial charge in [0, 0.05) is 11.1 Å². The van der Waals surface area contributed by atoms with Crippen LogP contribution in [0.1, 0.15) is 33.0 Å². The van der Waals surface area contributed by atoms with Gasteiger partial charge in [-0.2, -0.15) is 0 Å². The predicted molar refractivity (Wildman–Crippen MR) is 112 cm³/mol. The number of aromatic carboxylic acids is 1. The van der Waals surface area contributed by atoms with E-state index in [0.717, 1.165) is 16.7 Å². The predicted octanol–water partition coefficient (Wildman–Crippen LogP) is 3.85. The summed E-state index contributed by atoms with van der Waals surface area (Å²) >= 11 is 6.03. The number of amides is 1. The number of benzene rings is 2. The van der Waals surface area contributed by atoms with Crippen molar-refractivity contribution >= 4 is 29.4 Å². The van der Waals surface area contributed by atoms with Crippen molar-refractivity contribution in [1.29, 1.82) is 0 Å². The number of aromatic nitrogens is 1. The molecule has 154 valence electrons. The van der Waals surface area contributed by atoms with Gasteiger partial charge in [-0.25, -0.2) is 4.79 Å². The molecule has 1 atom stereocenters. The van der Waals surface area contributed by atoms with Gasteiger partial charge in [0.15, 0.2) is 0 Å². The highest BCUT2D eigenvalue weighted by Crippen LogP contribution is 2.23. The molecule has 3 aromatic rings. The van der Waals surface area contributed by atoms with Gasteiger partial charge in [0.25, 0.3) is 5.91 Å². The van der Waals surface area contributed by atoms with E-state index in [1.165, 1.54) is 12.1 Å². The zero-order valence-corrected chi connectivity index (χ0v) is 16.5. The lowest BCUT2D eigenvalue weighted by atomic mass is 9.99. The van der Waals surface area contributed by atoms with Crippen molar-refractivity contribution in [2.24, 2.45) is 0 Å². The molecule has 7 nitrogen and oxygen atoms in total. The normalized spacial score (nSPS) is 11.6. The Kier molecular flexibility index (Phi) is 6.54. The fraction of sp³-hybridized carbons (Fsp3) is 0.136. The van der Waals surface area contributed by atoms with Gasteiger partial charge >= 0.3 is 11.9 Å². The van der Waals surface area contributed by atoms with E-state index in [1.54, 1.807) is 6.07 Å². The van der Waals surface area contributed by atoms with Crippen molar-refractivity contribution in [3.05, 3.63) is 82.6 Å². The summed E-state index contributed by atoms with van der Waals surface area (Å²) in [6, 6.07) is 17.0. The largest absolute Gasteiger partial charge is 0.481 e. The molecule has 8 heteroatoms. The number of hydrogen-bond acceptors (Lipinski definition) is 3. The van der Waals surface area contributed by atoms with E-state index >= 15 is 0 Å². The molecule has 0 aliphatic heterocycles. The lowest BCUT2D eigenvalue weighted by Crippen LogP contribution is -2.38. The van der Waals surface area contributed by atoms with Gasteiger partial charge < -0.3 is 20.5 Å². The van der Waals surface area contributed by atoms with Crippen molar-refractivity contribution in [2.75, 3.05) is 0 Å². The standard InChI is InChI=1S/C22H19ClN2O5/c23-16-3-1-2-15(11-16)14-6-4-13(5-7-14)10-17(12-20(26)27)24-21(28)18-8-9-19(25-18)22(29)30/h1-9,11,17,25H,10,12H2,(H,24,28)(H,26,27)(H,29,30). The van der Waals surface area contributed by atoms with Crippen LogP contribution in [0.3, 0.4) is 0 Å². The van der Waals surface area contributed by atoms with E-state index in [0.29, 0.717) is 11.4 Å². The summed E-state index contributed by atoms with van der Waals surface area (Å²) in [5.41, 5.74) is 2.72. The molecule has 3 rings (SSSR count). The Labute approximate surface area is 177 Å². The van der Waals surface area contributed by atoms with E-state index in [4.69, 9.17) is 16.7 Å². The molecule has 0 saturated heterocycles. The van der Waals surface area contributed by atoms with Gasteiger partial charge in [0.05, 0.1) is 6.42 Å². The number of carboxylic acids is 2. The smallest absolute Gasteiger partial charge is 0.352 e. The Bertz CT molecular complexity index is 1080. The van der Waals surface area contributed by atoms with Crippen LogP contribution in [0.5, 0.6) is 0 Å². The van der Waals surface area contributed by atoms with Crippen LogP contribution in [0.15, 0.2) is 60.7 Å². The molecule has 1 heterocycles. The summed E-state index contributed by atoms with van der Waals surface area (Å²) in [7, 11) is 0. The minimum Gasteiger partial charge on any atom is -0.481 e. The molecule has 0 aliphatic rings. The zero-order valence-electron chi connectivity index (χ0n) is 15.8. The maximum atomic E-state index is 12.4. The second-order valence-corrected chi connectivity index (χ2v) is 7.21. The number of hydrogen-bond donors (Lipinski definition) is 4. The number of carboxylic acid groups (broad SMARTS) is 2. The monoisotopic (exact) mass is 426 g/mol. The summed E-state index contributed by atoms with van der Waals surface area (Å²) in [5.74, 6) is -2.80.